The molecule has 1 aromatic rings. The zero-order valence-corrected chi connectivity index (χ0v) is 16.9. The monoisotopic (exact) mass is 376 g/mol. The molecule has 0 bridgehead atoms. The van der Waals surface area contributed by atoms with Crippen LogP contribution in [0.3, 0.4) is 0 Å². The Bertz CT molecular complexity index is 555. The van der Waals surface area contributed by atoms with Gasteiger partial charge in [-0.15, -0.1) is 6.58 Å². The molecule has 1 heterocycles. The Balaban J connectivity index is 1.91. The molecule has 1 fully saturated rings. The molecule has 0 saturated carbocycles. The molecular formula is C20H32N4OS. The number of hydrogen-bond acceptors (Lipinski definition) is 4. The van der Waals surface area contributed by atoms with Gasteiger partial charge in [-0.05, 0) is 43.6 Å². The Kier molecular flexibility index (Phi) is 9.42. The van der Waals surface area contributed by atoms with Gasteiger partial charge in [0, 0.05) is 31.6 Å². The largest absolute Gasteiger partial charge is 0.497 e. The molecule has 0 radical (unpaired) electrons. The number of hydrogen-bond donors (Lipinski definition) is 2. The molecule has 1 aromatic carbocycles. The summed E-state index contributed by atoms with van der Waals surface area (Å²) in [4.78, 5) is 6.91. The van der Waals surface area contributed by atoms with Crippen LogP contribution in [0.1, 0.15) is 24.4 Å². The van der Waals surface area contributed by atoms with E-state index in [4.69, 9.17) is 4.74 Å². The highest BCUT2D eigenvalue weighted by Crippen LogP contribution is 2.26. The molecule has 6 heteroatoms. The lowest BCUT2D eigenvalue weighted by molar-refractivity contribution is 0.245. The predicted molar refractivity (Wildman–Crippen MR) is 113 cm³/mol. The lowest BCUT2D eigenvalue weighted by Crippen LogP contribution is -2.43. The van der Waals surface area contributed by atoms with Gasteiger partial charge >= 0.3 is 0 Å². The molecule has 0 aliphatic carbocycles. The number of methoxy groups -OCH3 is 1. The smallest absolute Gasteiger partial charge is 0.191 e. The first-order chi connectivity index (χ1) is 12.8. The van der Waals surface area contributed by atoms with Crippen LogP contribution >= 0.6 is 11.8 Å². The van der Waals surface area contributed by atoms with Crippen molar-refractivity contribution in [2.24, 2.45) is 4.99 Å². The van der Waals surface area contributed by atoms with Crippen molar-refractivity contribution in [1.82, 2.24) is 15.5 Å². The number of benzene rings is 1. The van der Waals surface area contributed by atoms with Crippen LogP contribution < -0.4 is 15.4 Å². The quantitative estimate of drug-likeness (QED) is 0.285. The highest BCUT2D eigenvalue weighted by atomic mass is 32.2. The van der Waals surface area contributed by atoms with Crippen molar-refractivity contribution in [3.8, 4) is 5.75 Å². The minimum Gasteiger partial charge on any atom is -0.497 e. The molecule has 5 nitrogen and oxygen atoms in total. The molecule has 2 rings (SSSR count). The molecular weight excluding hydrogens is 344 g/mol. The van der Waals surface area contributed by atoms with Crippen LogP contribution in [-0.4, -0.2) is 62.7 Å². The Morgan fingerprint density at radius 3 is 2.65 bits per heavy atom. The van der Waals surface area contributed by atoms with Crippen LogP contribution in [0.5, 0.6) is 5.75 Å². The number of aliphatic imine (C=N–C) groups is 1. The van der Waals surface area contributed by atoms with Gasteiger partial charge in [0.2, 0.25) is 0 Å². The number of rotatable bonds is 10. The third-order valence-corrected chi connectivity index (χ3v) is 5.51. The van der Waals surface area contributed by atoms with E-state index in [0.29, 0.717) is 6.04 Å². The molecule has 0 spiro atoms. The summed E-state index contributed by atoms with van der Waals surface area (Å²) in [5.74, 6) is 3.79. The molecule has 1 atom stereocenters. The number of likely N-dealkylation sites (tertiary alicyclic amines) is 1. The fraction of sp³-hybridized carbons (Fsp3) is 0.550. The minimum atomic E-state index is 0.345. The van der Waals surface area contributed by atoms with E-state index in [1.807, 2.05) is 37.0 Å². The fourth-order valence-electron chi connectivity index (χ4n) is 3.16. The second-order valence-electron chi connectivity index (χ2n) is 6.28. The van der Waals surface area contributed by atoms with Crippen molar-refractivity contribution < 1.29 is 4.74 Å². The van der Waals surface area contributed by atoms with Gasteiger partial charge in [0.05, 0.1) is 13.2 Å². The van der Waals surface area contributed by atoms with Crippen molar-refractivity contribution in [1.29, 1.82) is 0 Å². The van der Waals surface area contributed by atoms with E-state index in [2.05, 4.69) is 39.2 Å². The van der Waals surface area contributed by atoms with E-state index in [1.165, 1.54) is 18.4 Å². The maximum absolute atomic E-state index is 5.30. The number of guanidine groups is 1. The number of nitrogens with zero attached hydrogens (tertiary/aromatic N) is 2. The summed E-state index contributed by atoms with van der Waals surface area (Å²) in [6.07, 6.45) is 4.49. The van der Waals surface area contributed by atoms with Crippen LogP contribution in [0.4, 0.5) is 0 Å². The van der Waals surface area contributed by atoms with Gasteiger partial charge in [-0.2, -0.15) is 11.8 Å². The van der Waals surface area contributed by atoms with E-state index in [1.54, 1.807) is 7.11 Å². The summed E-state index contributed by atoms with van der Waals surface area (Å²) in [6.45, 7) is 7.79. The Labute approximate surface area is 162 Å². The average Bonchev–Trinajstić information content (AvgIpc) is 3.21. The van der Waals surface area contributed by atoms with Crippen molar-refractivity contribution >= 4 is 17.7 Å². The second-order valence-corrected chi connectivity index (χ2v) is 7.43. The van der Waals surface area contributed by atoms with Crippen LogP contribution in [0.25, 0.3) is 0 Å². The molecule has 1 saturated heterocycles. The highest BCUT2D eigenvalue weighted by Gasteiger charge is 2.23. The standard InChI is InChI=1S/C20H32N4OS/c1-4-14-26-15-11-22-20(21-2)23-16-19(24-12-5-6-13-24)17-7-9-18(25-3)10-8-17/h4,7-10,19H,1,5-6,11-16H2,2-3H3,(H2,21,22,23). The first-order valence-electron chi connectivity index (χ1n) is 9.29. The van der Waals surface area contributed by atoms with E-state index in [9.17, 15) is 0 Å². The van der Waals surface area contributed by atoms with Crippen LogP contribution in [-0.2, 0) is 0 Å². The van der Waals surface area contributed by atoms with E-state index < -0.39 is 0 Å². The molecule has 2 N–H and O–H groups in total. The topological polar surface area (TPSA) is 48.9 Å². The predicted octanol–water partition coefficient (Wildman–Crippen LogP) is 2.92. The first-order valence-corrected chi connectivity index (χ1v) is 10.4. The zero-order valence-electron chi connectivity index (χ0n) is 16.0. The number of thioether (sulfide) groups is 1. The molecule has 1 unspecified atom stereocenters. The van der Waals surface area contributed by atoms with Gasteiger partial charge in [0.15, 0.2) is 5.96 Å². The summed E-state index contributed by atoms with van der Waals surface area (Å²) in [5.41, 5.74) is 1.32. The van der Waals surface area contributed by atoms with Crippen molar-refractivity contribution in [3.63, 3.8) is 0 Å². The van der Waals surface area contributed by atoms with Gasteiger partial charge in [0.1, 0.15) is 5.75 Å². The normalized spacial score (nSPS) is 16.3. The molecule has 0 aromatic heterocycles. The molecule has 1 aliphatic rings. The van der Waals surface area contributed by atoms with E-state index >= 15 is 0 Å². The third-order valence-electron chi connectivity index (χ3n) is 4.54. The van der Waals surface area contributed by atoms with E-state index in [-0.39, 0.29) is 0 Å². The Morgan fingerprint density at radius 1 is 1.31 bits per heavy atom. The van der Waals surface area contributed by atoms with Crippen LogP contribution in [0, 0.1) is 0 Å². The molecule has 26 heavy (non-hydrogen) atoms. The van der Waals surface area contributed by atoms with Crippen LogP contribution in [0.15, 0.2) is 41.9 Å². The Morgan fingerprint density at radius 2 is 2.04 bits per heavy atom. The third kappa shape index (κ3) is 6.57. The maximum atomic E-state index is 5.30. The summed E-state index contributed by atoms with van der Waals surface area (Å²) < 4.78 is 5.30. The van der Waals surface area contributed by atoms with Gasteiger partial charge in [-0.3, -0.25) is 9.89 Å². The summed E-state index contributed by atoms with van der Waals surface area (Å²) in [7, 11) is 3.53. The summed E-state index contributed by atoms with van der Waals surface area (Å²) in [5, 5.41) is 6.89. The fourth-order valence-corrected chi connectivity index (χ4v) is 3.74. The lowest BCUT2D eigenvalue weighted by Gasteiger charge is -2.29. The summed E-state index contributed by atoms with van der Waals surface area (Å²) >= 11 is 1.87. The second kappa shape index (κ2) is 11.9. The van der Waals surface area contributed by atoms with Crippen molar-refractivity contribution in [3.05, 3.63) is 42.5 Å². The van der Waals surface area contributed by atoms with Gasteiger partial charge in [0.25, 0.3) is 0 Å². The SMILES string of the molecule is C=CCSCCNC(=NC)NCC(c1ccc(OC)cc1)N1CCCC1. The lowest BCUT2D eigenvalue weighted by atomic mass is 10.1. The first kappa shape index (κ1) is 20.6. The maximum Gasteiger partial charge on any atom is 0.191 e. The van der Waals surface area contributed by atoms with Crippen LogP contribution in [0.2, 0.25) is 0 Å². The van der Waals surface area contributed by atoms with Gasteiger partial charge in [-0.1, -0.05) is 18.2 Å². The number of nitrogens with one attached hydrogen (secondary N) is 2. The zero-order chi connectivity index (χ0) is 18.6. The summed E-state index contributed by atoms with van der Waals surface area (Å²) in [6, 6.07) is 8.78. The average molecular weight is 377 g/mol. The van der Waals surface area contributed by atoms with Gasteiger partial charge in [-0.25, -0.2) is 0 Å². The number of ether oxygens (including phenoxy) is 1. The molecule has 0 amide bonds. The minimum absolute atomic E-state index is 0.345. The van der Waals surface area contributed by atoms with E-state index in [0.717, 1.165) is 49.4 Å². The highest BCUT2D eigenvalue weighted by molar-refractivity contribution is 7.99. The van der Waals surface area contributed by atoms with Gasteiger partial charge < -0.3 is 15.4 Å². The van der Waals surface area contributed by atoms with Crippen molar-refractivity contribution in [2.75, 3.05) is 51.8 Å². The molecule has 1 aliphatic heterocycles. The molecule has 144 valence electrons. The van der Waals surface area contributed by atoms with Crippen molar-refractivity contribution in [2.45, 2.75) is 18.9 Å². The Hall–Kier alpha value is -1.66.